The molecule has 7 nitrogen and oxygen atoms in total. The Morgan fingerprint density at radius 3 is 2.58 bits per heavy atom. The van der Waals surface area contributed by atoms with Crippen molar-refractivity contribution >= 4 is 35.2 Å². The molecule has 1 aliphatic heterocycles. The third-order valence-corrected chi connectivity index (χ3v) is 5.12. The maximum absolute atomic E-state index is 12.6. The molecule has 1 unspecified atom stereocenters. The smallest absolute Gasteiger partial charge is 0.414 e. The van der Waals surface area contributed by atoms with Crippen LogP contribution >= 0.6 is 0 Å². The molecule has 0 aromatic heterocycles. The number of fused-ring (bicyclic) bond motifs is 1. The summed E-state index contributed by atoms with van der Waals surface area (Å²) in [5, 5.41) is 10.9. The summed E-state index contributed by atoms with van der Waals surface area (Å²) >= 11 is 0. The maximum Gasteiger partial charge on any atom is 0.414 e. The second-order valence-corrected chi connectivity index (χ2v) is 7.72. The van der Waals surface area contributed by atoms with Crippen LogP contribution in [0.3, 0.4) is 0 Å². The van der Waals surface area contributed by atoms with Gasteiger partial charge in [-0.2, -0.15) is 13.2 Å². The quantitative estimate of drug-likeness (QED) is 0.656. The monoisotopic (exact) mass is 438 g/mol. The molecular weight excluding hydrogens is 413 g/mol. The SMILES string of the molecule is CC(=O)N1c2ccc(/C(C=N)=C/NC3CC3)cc2N(C(=O)OCCC(F)(F)F)CC1C. The molecule has 0 bridgehead atoms. The molecule has 0 spiro atoms. The summed E-state index contributed by atoms with van der Waals surface area (Å²) in [6.07, 6.45) is -1.53. The third kappa shape index (κ3) is 5.56. The Balaban J connectivity index is 1.92. The Hall–Kier alpha value is -3.04. The lowest BCUT2D eigenvalue weighted by Crippen LogP contribution is -2.51. The van der Waals surface area contributed by atoms with Gasteiger partial charge in [0.1, 0.15) is 6.61 Å². The Morgan fingerprint density at radius 1 is 1.29 bits per heavy atom. The van der Waals surface area contributed by atoms with Crippen molar-refractivity contribution in [1.29, 1.82) is 5.41 Å². The van der Waals surface area contributed by atoms with E-state index in [1.165, 1.54) is 22.9 Å². The van der Waals surface area contributed by atoms with E-state index in [0.29, 0.717) is 28.6 Å². The van der Waals surface area contributed by atoms with Crippen LogP contribution in [0.4, 0.5) is 29.3 Å². The van der Waals surface area contributed by atoms with Crippen molar-refractivity contribution in [3.05, 3.63) is 30.0 Å². The predicted molar refractivity (Wildman–Crippen MR) is 111 cm³/mol. The number of hydrogen-bond donors (Lipinski definition) is 2. The van der Waals surface area contributed by atoms with Crippen LogP contribution in [0.1, 0.15) is 38.7 Å². The van der Waals surface area contributed by atoms with Crippen LogP contribution in [0.15, 0.2) is 24.4 Å². The van der Waals surface area contributed by atoms with Gasteiger partial charge in [0.25, 0.3) is 0 Å². The van der Waals surface area contributed by atoms with Gasteiger partial charge in [0.2, 0.25) is 5.91 Å². The van der Waals surface area contributed by atoms with E-state index in [1.54, 1.807) is 31.3 Å². The molecule has 1 aliphatic carbocycles. The highest BCUT2D eigenvalue weighted by Crippen LogP contribution is 2.38. The van der Waals surface area contributed by atoms with Crippen molar-refractivity contribution in [2.24, 2.45) is 0 Å². The number of benzene rings is 1. The molecule has 1 aromatic carbocycles. The molecule has 2 aliphatic rings. The van der Waals surface area contributed by atoms with E-state index in [0.717, 1.165) is 12.8 Å². The summed E-state index contributed by atoms with van der Waals surface area (Å²) in [6.45, 7) is 2.45. The van der Waals surface area contributed by atoms with Gasteiger partial charge in [0.05, 0.1) is 23.8 Å². The molecule has 10 heteroatoms. The summed E-state index contributed by atoms with van der Waals surface area (Å²) in [5.74, 6) is -0.218. The van der Waals surface area contributed by atoms with Gasteiger partial charge in [-0.25, -0.2) is 4.79 Å². The number of nitrogens with zero attached hydrogens (tertiary/aromatic N) is 2. The average molecular weight is 438 g/mol. The van der Waals surface area contributed by atoms with Crippen LogP contribution in [0.2, 0.25) is 0 Å². The molecule has 1 fully saturated rings. The fourth-order valence-corrected chi connectivity index (χ4v) is 3.46. The molecule has 0 radical (unpaired) electrons. The van der Waals surface area contributed by atoms with Crippen LogP contribution in [0, 0.1) is 5.41 Å². The van der Waals surface area contributed by atoms with Gasteiger partial charge in [0, 0.05) is 37.5 Å². The summed E-state index contributed by atoms with van der Waals surface area (Å²) < 4.78 is 42.1. The highest BCUT2D eigenvalue weighted by molar-refractivity contribution is 6.10. The first-order valence-electron chi connectivity index (χ1n) is 10.0. The standard InChI is InChI=1S/C21H25F3N4O3/c1-13-12-27(20(30)31-8-7-21(22,23)24)19-9-15(3-6-18(19)28(13)14(2)29)16(10-25)11-26-17-4-5-17/h3,6,9-11,13,17,25-26H,4-5,7-8,12H2,1-2H3/b16-11+,25-10?. The highest BCUT2D eigenvalue weighted by Gasteiger charge is 2.35. The summed E-state index contributed by atoms with van der Waals surface area (Å²) in [5.41, 5.74) is 2.02. The largest absolute Gasteiger partial charge is 0.449 e. The summed E-state index contributed by atoms with van der Waals surface area (Å²) in [7, 11) is 0. The van der Waals surface area contributed by atoms with E-state index >= 15 is 0 Å². The van der Waals surface area contributed by atoms with Gasteiger partial charge >= 0.3 is 12.3 Å². The normalized spacial score (nSPS) is 19.0. The fraction of sp³-hybridized carbons (Fsp3) is 0.476. The number of allylic oxidation sites excluding steroid dienone is 1. The lowest BCUT2D eigenvalue weighted by atomic mass is 10.0. The van der Waals surface area contributed by atoms with Gasteiger partial charge in [-0.1, -0.05) is 6.07 Å². The molecular formula is C21H25F3N4O3. The molecule has 2 amide bonds. The Bertz CT molecular complexity index is 896. The first-order valence-corrected chi connectivity index (χ1v) is 10.0. The topological polar surface area (TPSA) is 85.7 Å². The zero-order valence-corrected chi connectivity index (χ0v) is 17.3. The molecule has 31 heavy (non-hydrogen) atoms. The average Bonchev–Trinajstić information content (AvgIpc) is 3.50. The number of carbonyl (C=O) groups excluding carboxylic acids is 2. The first kappa shape index (κ1) is 22.6. The van der Waals surface area contributed by atoms with E-state index < -0.39 is 25.3 Å². The predicted octanol–water partition coefficient (Wildman–Crippen LogP) is 4.08. The van der Waals surface area contributed by atoms with Crippen LogP contribution in [-0.2, 0) is 9.53 Å². The minimum absolute atomic E-state index is 0.0743. The van der Waals surface area contributed by atoms with Crippen LogP contribution in [0.5, 0.6) is 0 Å². The number of nitrogens with one attached hydrogen (secondary N) is 2. The van der Waals surface area contributed by atoms with E-state index in [4.69, 9.17) is 10.1 Å². The number of carbonyl (C=O) groups is 2. The van der Waals surface area contributed by atoms with Crippen LogP contribution < -0.4 is 15.1 Å². The van der Waals surface area contributed by atoms with E-state index in [1.807, 2.05) is 0 Å². The molecule has 0 saturated heterocycles. The summed E-state index contributed by atoms with van der Waals surface area (Å²) in [4.78, 5) is 27.6. The van der Waals surface area contributed by atoms with Crippen molar-refractivity contribution in [3.8, 4) is 0 Å². The van der Waals surface area contributed by atoms with E-state index in [2.05, 4.69) is 5.32 Å². The van der Waals surface area contributed by atoms with Crippen molar-refractivity contribution in [3.63, 3.8) is 0 Å². The van der Waals surface area contributed by atoms with Gasteiger partial charge < -0.3 is 20.4 Å². The number of ether oxygens (including phenoxy) is 1. The van der Waals surface area contributed by atoms with Crippen molar-refractivity contribution < 1.29 is 27.5 Å². The molecule has 3 rings (SSSR count). The van der Waals surface area contributed by atoms with Crippen molar-refractivity contribution in [2.45, 2.75) is 51.4 Å². The highest BCUT2D eigenvalue weighted by atomic mass is 19.4. The van der Waals surface area contributed by atoms with Crippen molar-refractivity contribution in [2.75, 3.05) is 23.0 Å². The van der Waals surface area contributed by atoms with Gasteiger partial charge in [-0.3, -0.25) is 9.69 Å². The third-order valence-electron chi connectivity index (χ3n) is 5.12. The number of halogens is 3. The minimum Gasteiger partial charge on any atom is -0.449 e. The summed E-state index contributed by atoms with van der Waals surface area (Å²) in [6, 6.07) is 5.06. The van der Waals surface area contributed by atoms with Gasteiger partial charge in [-0.05, 0) is 37.5 Å². The first-order chi connectivity index (χ1) is 14.6. The number of rotatable bonds is 6. The zero-order valence-electron chi connectivity index (χ0n) is 17.3. The lowest BCUT2D eigenvalue weighted by Gasteiger charge is -2.40. The fourth-order valence-electron chi connectivity index (χ4n) is 3.46. The number of alkyl halides is 3. The van der Waals surface area contributed by atoms with Crippen LogP contribution in [0.25, 0.3) is 5.57 Å². The van der Waals surface area contributed by atoms with Gasteiger partial charge in [0.15, 0.2) is 0 Å². The zero-order chi connectivity index (χ0) is 22.8. The Kier molecular flexibility index (Phi) is 6.56. The second-order valence-electron chi connectivity index (χ2n) is 7.72. The molecule has 168 valence electrons. The molecule has 1 heterocycles. The maximum atomic E-state index is 12.6. The number of anilines is 2. The second kappa shape index (κ2) is 8.99. The van der Waals surface area contributed by atoms with Crippen molar-refractivity contribution in [1.82, 2.24) is 5.32 Å². The molecule has 1 aromatic rings. The number of hydrogen-bond acceptors (Lipinski definition) is 5. The van der Waals surface area contributed by atoms with Gasteiger partial charge in [-0.15, -0.1) is 0 Å². The minimum atomic E-state index is -4.43. The Morgan fingerprint density at radius 2 is 2.00 bits per heavy atom. The molecule has 2 N–H and O–H groups in total. The lowest BCUT2D eigenvalue weighted by molar-refractivity contribution is -0.141. The Labute approximate surface area is 178 Å². The number of amides is 2. The molecule has 1 atom stereocenters. The van der Waals surface area contributed by atoms with E-state index in [-0.39, 0.29) is 18.5 Å². The van der Waals surface area contributed by atoms with Crippen LogP contribution in [-0.4, -0.2) is 49.6 Å². The molecule has 1 saturated carbocycles. The van der Waals surface area contributed by atoms with E-state index in [9.17, 15) is 22.8 Å².